The van der Waals surface area contributed by atoms with Gasteiger partial charge in [0.25, 0.3) is 0 Å². The Labute approximate surface area is 109 Å². The fourth-order valence-electron chi connectivity index (χ4n) is 1.50. The Balaban J connectivity index is 2.39. The Hall–Kier alpha value is -2.04. The van der Waals surface area contributed by atoms with Crippen LogP contribution in [0.25, 0.3) is 6.08 Å². The van der Waals surface area contributed by atoms with E-state index in [0.717, 1.165) is 12.1 Å². The van der Waals surface area contributed by atoms with E-state index in [1.165, 1.54) is 12.1 Å². The van der Waals surface area contributed by atoms with E-state index in [9.17, 15) is 13.6 Å². The number of nitrogens with zero attached hydrogens (tertiary/aromatic N) is 1. The van der Waals surface area contributed by atoms with Crippen molar-refractivity contribution in [2.45, 2.75) is 20.8 Å². The van der Waals surface area contributed by atoms with Gasteiger partial charge in [-0.25, -0.2) is 18.6 Å². The predicted molar refractivity (Wildman–Crippen MR) is 67.3 cm³/mol. The lowest BCUT2D eigenvalue weighted by Crippen LogP contribution is -2.21. The topological polar surface area (TPSA) is 38.7 Å². The average molecular weight is 265 g/mol. The van der Waals surface area contributed by atoms with Gasteiger partial charge in [0.1, 0.15) is 11.6 Å². The molecule has 1 aliphatic heterocycles. The lowest BCUT2D eigenvalue weighted by atomic mass is 9.97. The summed E-state index contributed by atoms with van der Waals surface area (Å²) in [5.74, 6) is -1.77. The maximum atomic E-state index is 13.5. The van der Waals surface area contributed by atoms with Gasteiger partial charge in [-0.1, -0.05) is 20.8 Å². The van der Waals surface area contributed by atoms with Crippen molar-refractivity contribution in [3.05, 3.63) is 41.1 Å². The molecule has 0 unspecified atom stereocenters. The van der Waals surface area contributed by atoms with E-state index in [2.05, 4.69) is 4.99 Å². The minimum absolute atomic E-state index is 0.00966. The number of benzene rings is 1. The molecule has 1 aromatic rings. The maximum absolute atomic E-state index is 13.5. The molecule has 0 atom stereocenters. The van der Waals surface area contributed by atoms with Crippen LogP contribution in [0.2, 0.25) is 0 Å². The number of rotatable bonds is 1. The van der Waals surface area contributed by atoms with Gasteiger partial charge in [-0.2, -0.15) is 0 Å². The number of ether oxygens (including phenoxy) is 1. The molecule has 0 bridgehead atoms. The summed E-state index contributed by atoms with van der Waals surface area (Å²) in [4.78, 5) is 15.7. The molecule has 0 saturated heterocycles. The number of carbonyl (C=O) groups excluding carboxylic acids is 1. The fourth-order valence-corrected chi connectivity index (χ4v) is 1.50. The maximum Gasteiger partial charge on any atom is 0.363 e. The third-order valence-electron chi connectivity index (χ3n) is 2.52. The first-order valence-electron chi connectivity index (χ1n) is 5.75. The van der Waals surface area contributed by atoms with Crippen LogP contribution in [0.15, 0.2) is 28.9 Å². The number of esters is 1. The minimum atomic E-state index is -0.750. The second-order valence-corrected chi connectivity index (χ2v) is 5.25. The van der Waals surface area contributed by atoms with Crippen molar-refractivity contribution < 1.29 is 18.3 Å². The number of carbonyl (C=O) groups is 1. The van der Waals surface area contributed by atoms with Gasteiger partial charge in [0.2, 0.25) is 5.90 Å². The third-order valence-corrected chi connectivity index (χ3v) is 2.52. The molecule has 1 aromatic carbocycles. The standard InChI is InChI=1S/C14H13F2NO2/c1-14(2,3)13-17-11(12(18)19-13)6-8-4-5-9(15)7-10(8)16/h4-7H,1-3H3. The van der Waals surface area contributed by atoms with Crippen LogP contribution in [-0.2, 0) is 9.53 Å². The summed E-state index contributed by atoms with van der Waals surface area (Å²) in [5.41, 5.74) is -0.310. The zero-order valence-electron chi connectivity index (χ0n) is 10.8. The van der Waals surface area contributed by atoms with Crippen molar-refractivity contribution >= 4 is 17.9 Å². The summed E-state index contributed by atoms with van der Waals surface area (Å²) >= 11 is 0. The molecule has 0 fully saturated rings. The lowest BCUT2D eigenvalue weighted by molar-refractivity contribution is -0.130. The van der Waals surface area contributed by atoms with Gasteiger partial charge in [0, 0.05) is 17.0 Å². The SMILES string of the molecule is CC(C)(C)C1=NC(=Cc2ccc(F)cc2F)C(=O)O1. The summed E-state index contributed by atoms with van der Waals surface area (Å²) in [6, 6.07) is 3.11. The summed E-state index contributed by atoms with van der Waals surface area (Å²) in [6.07, 6.45) is 1.25. The summed E-state index contributed by atoms with van der Waals surface area (Å²) in [7, 11) is 0. The Morgan fingerprint density at radius 3 is 2.47 bits per heavy atom. The van der Waals surface area contributed by atoms with Gasteiger partial charge in [-0.05, 0) is 18.2 Å². The largest absolute Gasteiger partial charge is 0.406 e. The lowest BCUT2D eigenvalue weighted by Gasteiger charge is -2.15. The molecule has 0 N–H and O–H groups in total. The van der Waals surface area contributed by atoms with Crippen LogP contribution < -0.4 is 0 Å². The van der Waals surface area contributed by atoms with Gasteiger partial charge in [0.05, 0.1) is 0 Å². The molecule has 0 radical (unpaired) electrons. The third kappa shape index (κ3) is 2.86. The first kappa shape index (κ1) is 13.4. The molecular formula is C14H13F2NO2. The van der Waals surface area contributed by atoms with Crippen molar-refractivity contribution in [1.82, 2.24) is 0 Å². The highest BCUT2D eigenvalue weighted by Crippen LogP contribution is 2.26. The van der Waals surface area contributed by atoms with Crippen LogP contribution in [0.4, 0.5) is 8.78 Å². The van der Waals surface area contributed by atoms with Crippen LogP contribution in [-0.4, -0.2) is 11.9 Å². The van der Waals surface area contributed by atoms with Gasteiger partial charge >= 0.3 is 5.97 Å². The van der Waals surface area contributed by atoms with Crippen LogP contribution in [0.3, 0.4) is 0 Å². The minimum Gasteiger partial charge on any atom is -0.406 e. The van der Waals surface area contributed by atoms with Crippen molar-refractivity contribution in [3.8, 4) is 0 Å². The molecule has 0 saturated carbocycles. The van der Waals surface area contributed by atoms with E-state index in [4.69, 9.17) is 4.74 Å². The van der Waals surface area contributed by atoms with Crippen molar-refractivity contribution in [3.63, 3.8) is 0 Å². The molecule has 100 valence electrons. The van der Waals surface area contributed by atoms with Crippen LogP contribution in [0, 0.1) is 17.0 Å². The average Bonchev–Trinajstić information content (AvgIpc) is 2.64. The number of hydrogen-bond acceptors (Lipinski definition) is 3. The molecule has 1 aliphatic rings. The Morgan fingerprint density at radius 2 is 1.95 bits per heavy atom. The van der Waals surface area contributed by atoms with Gasteiger partial charge < -0.3 is 4.74 Å². The van der Waals surface area contributed by atoms with Crippen molar-refractivity contribution in [2.24, 2.45) is 10.4 Å². The first-order valence-corrected chi connectivity index (χ1v) is 5.75. The second kappa shape index (κ2) is 4.57. The van der Waals surface area contributed by atoms with Crippen molar-refractivity contribution in [2.75, 3.05) is 0 Å². The van der Waals surface area contributed by atoms with Gasteiger partial charge in [0.15, 0.2) is 5.70 Å². The number of cyclic esters (lactones) is 1. The molecule has 3 nitrogen and oxygen atoms in total. The molecule has 0 amide bonds. The number of hydrogen-bond donors (Lipinski definition) is 0. The van der Waals surface area contributed by atoms with E-state index in [1.807, 2.05) is 20.8 Å². The highest BCUT2D eigenvalue weighted by atomic mass is 19.1. The van der Waals surface area contributed by atoms with Crippen LogP contribution >= 0.6 is 0 Å². The van der Waals surface area contributed by atoms with E-state index in [0.29, 0.717) is 0 Å². The van der Waals surface area contributed by atoms with Gasteiger partial charge in [-0.3, -0.25) is 0 Å². The van der Waals surface area contributed by atoms with Crippen LogP contribution in [0.5, 0.6) is 0 Å². The van der Waals surface area contributed by atoms with E-state index in [-0.39, 0.29) is 17.2 Å². The molecule has 0 spiro atoms. The summed E-state index contributed by atoms with van der Waals surface area (Å²) in [6.45, 7) is 5.54. The Morgan fingerprint density at radius 1 is 1.26 bits per heavy atom. The zero-order chi connectivity index (χ0) is 14.2. The molecule has 2 rings (SSSR count). The molecule has 5 heteroatoms. The Kier molecular flexibility index (Phi) is 3.22. The first-order chi connectivity index (χ1) is 8.77. The second-order valence-electron chi connectivity index (χ2n) is 5.25. The summed E-state index contributed by atoms with van der Waals surface area (Å²) in [5, 5.41) is 0. The molecule has 19 heavy (non-hydrogen) atoms. The monoisotopic (exact) mass is 265 g/mol. The van der Waals surface area contributed by atoms with E-state index in [1.54, 1.807) is 0 Å². The molecule has 1 heterocycles. The highest BCUT2D eigenvalue weighted by Gasteiger charge is 2.31. The normalized spacial score (nSPS) is 17.6. The van der Waals surface area contributed by atoms with E-state index >= 15 is 0 Å². The highest BCUT2D eigenvalue weighted by molar-refractivity contribution is 6.08. The van der Waals surface area contributed by atoms with Gasteiger partial charge in [-0.15, -0.1) is 0 Å². The predicted octanol–water partition coefficient (Wildman–Crippen LogP) is 3.31. The summed E-state index contributed by atoms with van der Waals surface area (Å²) < 4.78 is 31.3. The number of aliphatic imine (C=N–C) groups is 1. The fraction of sp³-hybridized carbons (Fsp3) is 0.286. The number of halogens is 2. The Bertz CT molecular complexity index is 598. The smallest absolute Gasteiger partial charge is 0.363 e. The van der Waals surface area contributed by atoms with Crippen molar-refractivity contribution in [1.29, 1.82) is 0 Å². The van der Waals surface area contributed by atoms with Crippen LogP contribution in [0.1, 0.15) is 26.3 Å². The molecular weight excluding hydrogens is 252 g/mol. The zero-order valence-corrected chi connectivity index (χ0v) is 10.8. The molecule has 0 aliphatic carbocycles. The molecule has 0 aromatic heterocycles. The quantitative estimate of drug-likeness (QED) is 0.577. The van der Waals surface area contributed by atoms with E-state index < -0.39 is 23.0 Å².